The molecule has 0 unspecified atom stereocenters. The molecule has 0 aliphatic heterocycles. The first-order valence-electron chi connectivity index (χ1n) is 5.50. The summed E-state index contributed by atoms with van der Waals surface area (Å²) in [6, 6.07) is 3.73. The van der Waals surface area contributed by atoms with Gasteiger partial charge >= 0.3 is 0 Å². The Morgan fingerprint density at radius 3 is 2.50 bits per heavy atom. The van der Waals surface area contributed by atoms with Crippen LogP contribution in [0.3, 0.4) is 0 Å². The predicted molar refractivity (Wildman–Crippen MR) is 68.0 cm³/mol. The number of hydrogen-bond donors (Lipinski definition) is 1. The molecule has 1 heterocycles. The smallest absolute Gasteiger partial charge is 0.239 e. The molecular formula is C12H21N3O. The van der Waals surface area contributed by atoms with Crippen molar-refractivity contribution in [2.24, 2.45) is 0 Å². The zero-order valence-corrected chi connectivity index (χ0v) is 10.7. The lowest BCUT2D eigenvalue weighted by molar-refractivity contribution is 0.125. The summed E-state index contributed by atoms with van der Waals surface area (Å²) in [7, 11) is 1.99. The van der Waals surface area contributed by atoms with Crippen LogP contribution in [0.2, 0.25) is 0 Å². The van der Waals surface area contributed by atoms with Crippen molar-refractivity contribution in [3.05, 3.63) is 12.1 Å². The summed E-state index contributed by atoms with van der Waals surface area (Å²) in [4.78, 5) is 6.44. The van der Waals surface area contributed by atoms with Crippen LogP contribution in [0.1, 0.15) is 27.7 Å². The van der Waals surface area contributed by atoms with E-state index < -0.39 is 0 Å². The maximum atomic E-state index is 5.83. The highest BCUT2D eigenvalue weighted by molar-refractivity contribution is 5.54. The van der Waals surface area contributed by atoms with Crippen LogP contribution in [0.25, 0.3) is 0 Å². The SMILES string of the molecule is CCN(C)c1ccc(N)c(OC(C)(C)C)n1. The van der Waals surface area contributed by atoms with Crippen molar-refractivity contribution in [2.45, 2.75) is 33.3 Å². The van der Waals surface area contributed by atoms with E-state index in [0.717, 1.165) is 12.4 Å². The molecule has 0 amide bonds. The standard InChI is InChI=1S/C12H21N3O/c1-6-15(5)10-8-7-9(13)11(14-10)16-12(2,3)4/h7-8H,6,13H2,1-5H3. The van der Waals surface area contributed by atoms with Gasteiger partial charge in [0.15, 0.2) is 0 Å². The lowest BCUT2D eigenvalue weighted by Gasteiger charge is -2.23. The summed E-state index contributed by atoms with van der Waals surface area (Å²) in [5, 5.41) is 0. The summed E-state index contributed by atoms with van der Waals surface area (Å²) in [6.45, 7) is 8.90. The Kier molecular flexibility index (Phi) is 3.62. The number of nitrogens with two attached hydrogens (primary N) is 1. The molecule has 0 atom stereocenters. The highest BCUT2D eigenvalue weighted by Gasteiger charge is 2.16. The van der Waals surface area contributed by atoms with Gasteiger partial charge in [-0.25, -0.2) is 0 Å². The van der Waals surface area contributed by atoms with E-state index in [1.807, 2.05) is 44.9 Å². The van der Waals surface area contributed by atoms with E-state index in [0.29, 0.717) is 11.6 Å². The topological polar surface area (TPSA) is 51.4 Å². The Balaban J connectivity index is 2.99. The van der Waals surface area contributed by atoms with Gasteiger partial charge in [0.2, 0.25) is 5.88 Å². The molecule has 2 N–H and O–H groups in total. The molecule has 90 valence electrons. The first kappa shape index (κ1) is 12.6. The average Bonchev–Trinajstić information content (AvgIpc) is 2.18. The fraction of sp³-hybridized carbons (Fsp3) is 0.583. The van der Waals surface area contributed by atoms with Crippen LogP contribution in [-0.4, -0.2) is 24.2 Å². The summed E-state index contributed by atoms with van der Waals surface area (Å²) in [6.07, 6.45) is 0. The first-order chi connectivity index (χ1) is 7.33. The van der Waals surface area contributed by atoms with Crippen LogP contribution < -0.4 is 15.4 Å². The second-order valence-electron chi connectivity index (χ2n) is 4.79. The minimum absolute atomic E-state index is 0.287. The van der Waals surface area contributed by atoms with E-state index >= 15 is 0 Å². The van der Waals surface area contributed by atoms with Gasteiger partial charge in [-0.3, -0.25) is 0 Å². The molecule has 0 spiro atoms. The lowest BCUT2D eigenvalue weighted by atomic mass is 10.2. The van der Waals surface area contributed by atoms with Gasteiger partial charge in [0.1, 0.15) is 11.4 Å². The highest BCUT2D eigenvalue weighted by Crippen LogP contribution is 2.25. The second kappa shape index (κ2) is 4.60. The summed E-state index contributed by atoms with van der Waals surface area (Å²) < 4.78 is 5.71. The largest absolute Gasteiger partial charge is 0.470 e. The number of nitrogen functional groups attached to an aromatic ring is 1. The normalized spacial score (nSPS) is 11.3. The quantitative estimate of drug-likeness (QED) is 0.854. The van der Waals surface area contributed by atoms with E-state index in [4.69, 9.17) is 10.5 Å². The van der Waals surface area contributed by atoms with E-state index in [2.05, 4.69) is 11.9 Å². The molecule has 0 saturated heterocycles. The van der Waals surface area contributed by atoms with E-state index in [1.165, 1.54) is 0 Å². The first-order valence-corrected chi connectivity index (χ1v) is 5.50. The molecule has 0 fully saturated rings. The van der Waals surface area contributed by atoms with Gasteiger partial charge in [0.05, 0.1) is 5.69 Å². The van der Waals surface area contributed by atoms with Gasteiger partial charge in [0, 0.05) is 13.6 Å². The maximum Gasteiger partial charge on any atom is 0.239 e. The second-order valence-corrected chi connectivity index (χ2v) is 4.79. The van der Waals surface area contributed by atoms with Gasteiger partial charge in [-0.2, -0.15) is 4.98 Å². The fourth-order valence-electron chi connectivity index (χ4n) is 1.19. The molecule has 1 aromatic rings. The number of aromatic nitrogens is 1. The Hall–Kier alpha value is -1.45. The summed E-state index contributed by atoms with van der Waals surface area (Å²) in [5.74, 6) is 1.38. The molecule has 0 saturated carbocycles. The molecule has 0 radical (unpaired) electrons. The number of pyridine rings is 1. The van der Waals surface area contributed by atoms with Crippen molar-refractivity contribution < 1.29 is 4.74 Å². The average molecular weight is 223 g/mol. The molecule has 1 aromatic heterocycles. The zero-order chi connectivity index (χ0) is 12.3. The molecule has 4 nitrogen and oxygen atoms in total. The third kappa shape index (κ3) is 3.29. The van der Waals surface area contributed by atoms with Crippen molar-refractivity contribution in [3.63, 3.8) is 0 Å². The Bertz CT molecular complexity index is 358. The van der Waals surface area contributed by atoms with Gasteiger partial charge in [-0.15, -0.1) is 0 Å². The van der Waals surface area contributed by atoms with E-state index in [1.54, 1.807) is 0 Å². The molecule has 1 rings (SSSR count). The number of ether oxygens (including phenoxy) is 1. The molecule has 0 aliphatic rings. The minimum Gasteiger partial charge on any atom is -0.470 e. The third-order valence-corrected chi connectivity index (χ3v) is 2.14. The fourth-order valence-corrected chi connectivity index (χ4v) is 1.19. The molecule has 0 bridgehead atoms. The Morgan fingerprint density at radius 1 is 1.38 bits per heavy atom. The maximum absolute atomic E-state index is 5.83. The monoisotopic (exact) mass is 223 g/mol. The number of hydrogen-bond acceptors (Lipinski definition) is 4. The van der Waals surface area contributed by atoms with Crippen molar-refractivity contribution in [2.75, 3.05) is 24.2 Å². The van der Waals surface area contributed by atoms with Crippen LogP contribution in [0.5, 0.6) is 5.88 Å². The third-order valence-electron chi connectivity index (χ3n) is 2.14. The number of nitrogens with zero attached hydrogens (tertiary/aromatic N) is 2. The van der Waals surface area contributed by atoms with Crippen LogP contribution in [0, 0.1) is 0 Å². The minimum atomic E-state index is -0.287. The van der Waals surface area contributed by atoms with Crippen molar-refractivity contribution in [1.82, 2.24) is 4.98 Å². The lowest BCUT2D eigenvalue weighted by Crippen LogP contribution is -2.25. The van der Waals surface area contributed by atoms with Gasteiger partial charge in [-0.1, -0.05) is 0 Å². The van der Waals surface area contributed by atoms with Crippen LogP contribution in [0.4, 0.5) is 11.5 Å². The van der Waals surface area contributed by atoms with Crippen LogP contribution in [0.15, 0.2) is 12.1 Å². The number of anilines is 2. The summed E-state index contributed by atoms with van der Waals surface area (Å²) >= 11 is 0. The van der Waals surface area contributed by atoms with Crippen molar-refractivity contribution >= 4 is 11.5 Å². The van der Waals surface area contributed by atoms with Gasteiger partial charge in [0.25, 0.3) is 0 Å². The van der Waals surface area contributed by atoms with E-state index in [9.17, 15) is 0 Å². The van der Waals surface area contributed by atoms with Crippen LogP contribution in [-0.2, 0) is 0 Å². The molecule has 0 aliphatic carbocycles. The Morgan fingerprint density at radius 2 is 2.00 bits per heavy atom. The van der Waals surface area contributed by atoms with Gasteiger partial charge in [-0.05, 0) is 39.8 Å². The Labute approximate surface area is 97.4 Å². The van der Waals surface area contributed by atoms with Crippen molar-refractivity contribution in [1.29, 1.82) is 0 Å². The summed E-state index contributed by atoms with van der Waals surface area (Å²) in [5.41, 5.74) is 6.12. The molecule has 16 heavy (non-hydrogen) atoms. The molecule has 4 heteroatoms. The highest BCUT2D eigenvalue weighted by atomic mass is 16.5. The zero-order valence-electron chi connectivity index (χ0n) is 10.7. The molecule has 0 aromatic carbocycles. The predicted octanol–water partition coefficient (Wildman–Crippen LogP) is 2.30. The van der Waals surface area contributed by atoms with Crippen molar-refractivity contribution in [3.8, 4) is 5.88 Å². The molecular weight excluding hydrogens is 202 g/mol. The van der Waals surface area contributed by atoms with E-state index in [-0.39, 0.29) is 5.60 Å². The van der Waals surface area contributed by atoms with Crippen LogP contribution >= 0.6 is 0 Å². The van der Waals surface area contributed by atoms with Gasteiger partial charge < -0.3 is 15.4 Å². The number of rotatable bonds is 3.